The molecular formula is C12H7Cl2N3O. The summed E-state index contributed by atoms with van der Waals surface area (Å²) in [6.07, 6.45) is 0. The maximum Gasteiger partial charge on any atom is 0.246 e. The summed E-state index contributed by atoms with van der Waals surface area (Å²) in [5.74, 6) is 0.362. The Morgan fingerprint density at radius 2 is 1.89 bits per heavy atom. The molecule has 90 valence electrons. The quantitative estimate of drug-likeness (QED) is 0.689. The molecule has 0 amide bonds. The average Bonchev–Trinajstić information content (AvgIpc) is 2.79. The number of rotatable bonds is 1. The normalized spacial score (nSPS) is 11.0. The molecule has 0 unspecified atom stereocenters. The fourth-order valence-electron chi connectivity index (χ4n) is 1.61. The SMILES string of the molecule is Nc1cc(-c2nc3ccccc3o2)nc(Cl)c1Cl. The molecule has 0 aliphatic rings. The Hall–Kier alpha value is -1.78. The molecule has 18 heavy (non-hydrogen) atoms. The van der Waals surface area contributed by atoms with E-state index in [1.54, 1.807) is 6.07 Å². The van der Waals surface area contributed by atoms with Gasteiger partial charge in [-0.05, 0) is 18.2 Å². The van der Waals surface area contributed by atoms with Crippen molar-refractivity contribution in [3.63, 3.8) is 0 Å². The van der Waals surface area contributed by atoms with E-state index >= 15 is 0 Å². The molecule has 1 aromatic carbocycles. The number of hydrogen-bond donors (Lipinski definition) is 1. The molecule has 0 spiro atoms. The van der Waals surface area contributed by atoms with Crippen molar-refractivity contribution in [1.82, 2.24) is 9.97 Å². The first-order valence-electron chi connectivity index (χ1n) is 5.12. The highest BCUT2D eigenvalue weighted by molar-refractivity contribution is 6.42. The van der Waals surface area contributed by atoms with Crippen molar-refractivity contribution in [2.24, 2.45) is 0 Å². The average molecular weight is 280 g/mol. The van der Waals surface area contributed by atoms with Crippen LogP contribution in [0.3, 0.4) is 0 Å². The van der Waals surface area contributed by atoms with Crippen molar-refractivity contribution in [3.8, 4) is 11.6 Å². The summed E-state index contributed by atoms with van der Waals surface area (Å²) in [5, 5.41) is 0.366. The van der Waals surface area contributed by atoms with Crippen molar-refractivity contribution in [1.29, 1.82) is 0 Å². The number of nitrogen functional groups attached to an aromatic ring is 1. The fourth-order valence-corrected chi connectivity index (χ4v) is 1.91. The predicted octanol–water partition coefficient (Wildman–Crippen LogP) is 3.78. The van der Waals surface area contributed by atoms with E-state index in [0.29, 0.717) is 22.9 Å². The maximum absolute atomic E-state index is 5.88. The van der Waals surface area contributed by atoms with Crippen LogP contribution in [0.5, 0.6) is 0 Å². The first-order valence-corrected chi connectivity index (χ1v) is 5.88. The van der Waals surface area contributed by atoms with Crippen molar-refractivity contribution < 1.29 is 4.42 Å². The van der Waals surface area contributed by atoms with E-state index in [1.807, 2.05) is 24.3 Å². The van der Waals surface area contributed by atoms with Crippen molar-refractivity contribution in [2.45, 2.75) is 0 Å². The van der Waals surface area contributed by atoms with E-state index in [-0.39, 0.29) is 10.2 Å². The van der Waals surface area contributed by atoms with Gasteiger partial charge >= 0.3 is 0 Å². The second-order valence-corrected chi connectivity index (χ2v) is 4.42. The van der Waals surface area contributed by atoms with Crippen molar-refractivity contribution in [3.05, 3.63) is 40.5 Å². The highest BCUT2D eigenvalue weighted by atomic mass is 35.5. The minimum Gasteiger partial charge on any atom is -0.435 e. The van der Waals surface area contributed by atoms with Gasteiger partial charge in [0, 0.05) is 0 Å². The van der Waals surface area contributed by atoms with Crippen LogP contribution in [0.25, 0.3) is 22.7 Å². The van der Waals surface area contributed by atoms with Crippen LogP contribution in [0, 0.1) is 0 Å². The van der Waals surface area contributed by atoms with Gasteiger partial charge in [0.1, 0.15) is 16.2 Å². The van der Waals surface area contributed by atoms with Crippen LogP contribution in [0.4, 0.5) is 5.69 Å². The van der Waals surface area contributed by atoms with Gasteiger partial charge in [-0.25, -0.2) is 9.97 Å². The standard InChI is InChI=1S/C12H7Cl2N3O/c13-10-6(15)5-8(16-11(10)14)12-17-7-3-1-2-4-9(7)18-12/h1-5H,(H2,15,16). The molecule has 0 fully saturated rings. The minimum absolute atomic E-state index is 0.133. The molecule has 3 aromatic rings. The zero-order valence-corrected chi connectivity index (χ0v) is 10.5. The fraction of sp³-hybridized carbons (Fsp3) is 0. The molecule has 0 bridgehead atoms. The number of anilines is 1. The topological polar surface area (TPSA) is 64.9 Å². The number of halogens is 2. The third-order valence-electron chi connectivity index (χ3n) is 2.46. The smallest absolute Gasteiger partial charge is 0.246 e. The van der Waals surface area contributed by atoms with Gasteiger partial charge in [0.25, 0.3) is 0 Å². The minimum atomic E-state index is 0.133. The van der Waals surface area contributed by atoms with Gasteiger partial charge in [0.2, 0.25) is 5.89 Å². The van der Waals surface area contributed by atoms with Crippen LogP contribution in [0.2, 0.25) is 10.2 Å². The first-order chi connectivity index (χ1) is 8.65. The van der Waals surface area contributed by atoms with Gasteiger partial charge in [-0.2, -0.15) is 0 Å². The van der Waals surface area contributed by atoms with Gasteiger partial charge in [-0.1, -0.05) is 35.3 Å². The second-order valence-electron chi connectivity index (χ2n) is 3.69. The van der Waals surface area contributed by atoms with Gasteiger partial charge in [-0.15, -0.1) is 0 Å². The largest absolute Gasteiger partial charge is 0.435 e. The molecule has 2 heterocycles. The lowest BCUT2D eigenvalue weighted by molar-refractivity contribution is 0.617. The van der Waals surface area contributed by atoms with Crippen LogP contribution in [0.15, 0.2) is 34.7 Å². The summed E-state index contributed by atoms with van der Waals surface area (Å²) in [6, 6.07) is 9.01. The number of benzene rings is 1. The number of pyridine rings is 1. The van der Waals surface area contributed by atoms with Gasteiger partial charge in [-0.3, -0.25) is 0 Å². The number of aromatic nitrogens is 2. The molecule has 0 aliphatic carbocycles. The summed E-state index contributed by atoms with van der Waals surface area (Å²) in [7, 11) is 0. The summed E-state index contributed by atoms with van der Waals surface area (Å²) in [4.78, 5) is 8.40. The number of hydrogen-bond acceptors (Lipinski definition) is 4. The molecule has 6 heteroatoms. The van der Waals surface area contributed by atoms with E-state index in [2.05, 4.69) is 9.97 Å². The zero-order chi connectivity index (χ0) is 12.7. The molecule has 0 saturated heterocycles. The highest BCUT2D eigenvalue weighted by Gasteiger charge is 2.13. The predicted molar refractivity (Wildman–Crippen MR) is 71.7 cm³/mol. The third kappa shape index (κ3) is 1.79. The van der Waals surface area contributed by atoms with E-state index < -0.39 is 0 Å². The summed E-state index contributed by atoms with van der Waals surface area (Å²) in [6.45, 7) is 0. The summed E-state index contributed by atoms with van der Waals surface area (Å²) in [5.41, 5.74) is 7.95. The van der Waals surface area contributed by atoms with Crippen molar-refractivity contribution >= 4 is 40.0 Å². The Balaban J connectivity index is 2.20. The Morgan fingerprint density at radius 3 is 2.61 bits per heavy atom. The monoisotopic (exact) mass is 279 g/mol. The Labute approximate surface area is 112 Å². The van der Waals surface area contributed by atoms with E-state index in [4.69, 9.17) is 33.4 Å². The third-order valence-corrected chi connectivity index (χ3v) is 3.23. The summed E-state index contributed by atoms with van der Waals surface area (Å²) >= 11 is 11.7. The highest BCUT2D eigenvalue weighted by Crippen LogP contribution is 2.31. The van der Waals surface area contributed by atoms with E-state index in [0.717, 1.165) is 5.52 Å². The molecule has 3 rings (SSSR count). The lowest BCUT2D eigenvalue weighted by Gasteiger charge is -2.01. The molecule has 0 aliphatic heterocycles. The van der Waals surface area contributed by atoms with Gasteiger partial charge < -0.3 is 10.2 Å². The van der Waals surface area contributed by atoms with Crippen LogP contribution >= 0.6 is 23.2 Å². The van der Waals surface area contributed by atoms with Crippen LogP contribution in [-0.4, -0.2) is 9.97 Å². The number of nitrogens with two attached hydrogens (primary N) is 1. The Morgan fingerprint density at radius 1 is 1.11 bits per heavy atom. The molecule has 4 nitrogen and oxygen atoms in total. The van der Waals surface area contributed by atoms with E-state index in [1.165, 1.54) is 0 Å². The van der Waals surface area contributed by atoms with E-state index in [9.17, 15) is 0 Å². The van der Waals surface area contributed by atoms with Crippen LogP contribution in [-0.2, 0) is 0 Å². The van der Waals surface area contributed by atoms with Gasteiger partial charge in [0.15, 0.2) is 10.7 Å². The van der Waals surface area contributed by atoms with Crippen LogP contribution < -0.4 is 5.73 Å². The zero-order valence-electron chi connectivity index (χ0n) is 9.02. The second kappa shape index (κ2) is 4.15. The molecule has 0 saturated carbocycles. The molecule has 0 radical (unpaired) electrons. The van der Waals surface area contributed by atoms with Crippen molar-refractivity contribution in [2.75, 3.05) is 5.73 Å². The Bertz CT molecular complexity index is 683. The van der Waals surface area contributed by atoms with Gasteiger partial charge in [0.05, 0.1) is 5.69 Å². The summed E-state index contributed by atoms with van der Waals surface area (Å²) < 4.78 is 5.57. The number of fused-ring (bicyclic) bond motifs is 1. The molecule has 2 aromatic heterocycles. The lowest BCUT2D eigenvalue weighted by atomic mass is 10.3. The molecule has 0 atom stereocenters. The maximum atomic E-state index is 5.88. The molecular weight excluding hydrogens is 273 g/mol. The number of para-hydroxylation sites is 2. The Kier molecular flexibility index (Phi) is 2.61. The molecule has 2 N–H and O–H groups in total. The first kappa shape index (κ1) is 11.3. The van der Waals surface area contributed by atoms with Crippen LogP contribution in [0.1, 0.15) is 0 Å². The lowest BCUT2D eigenvalue weighted by Crippen LogP contribution is -1.92. The number of nitrogens with zero attached hydrogens (tertiary/aromatic N) is 2. The number of oxazole rings is 1.